The lowest BCUT2D eigenvalue weighted by atomic mass is 9.95. The number of carbonyl (C=O) groups excluding carboxylic acids is 2. The number of aliphatic hydroxyl groups excluding tert-OH is 1. The molecule has 0 radical (unpaired) electrons. The molecule has 1 heterocycles. The highest BCUT2D eigenvalue weighted by atomic mass is 16.5. The molecule has 1 fully saturated rings. The highest BCUT2D eigenvalue weighted by Crippen LogP contribution is 2.42. The maximum atomic E-state index is 13.4. The Morgan fingerprint density at radius 2 is 1.69 bits per heavy atom. The van der Waals surface area contributed by atoms with Gasteiger partial charge in [0.25, 0.3) is 11.7 Å². The van der Waals surface area contributed by atoms with Crippen LogP contribution in [-0.2, 0) is 9.59 Å². The van der Waals surface area contributed by atoms with Gasteiger partial charge in [0.05, 0.1) is 31.9 Å². The van der Waals surface area contributed by atoms with E-state index in [9.17, 15) is 14.7 Å². The molecular formula is C31H42N2O6. The van der Waals surface area contributed by atoms with Gasteiger partial charge in [-0.25, -0.2) is 0 Å². The van der Waals surface area contributed by atoms with Gasteiger partial charge in [0.2, 0.25) is 0 Å². The molecule has 8 heteroatoms. The van der Waals surface area contributed by atoms with Crippen molar-refractivity contribution in [1.82, 2.24) is 9.80 Å². The first-order valence-electron chi connectivity index (χ1n) is 13.8. The first-order valence-corrected chi connectivity index (χ1v) is 13.8. The maximum absolute atomic E-state index is 13.4. The molecule has 1 aliphatic rings. The lowest BCUT2D eigenvalue weighted by molar-refractivity contribution is -0.140. The van der Waals surface area contributed by atoms with Gasteiger partial charge < -0.3 is 29.1 Å². The number of likely N-dealkylation sites (tertiary alicyclic amines) is 1. The second kappa shape index (κ2) is 14.0. The molecule has 0 aliphatic carbocycles. The zero-order valence-electron chi connectivity index (χ0n) is 24.0. The van der Waals surface area contributed by atoms with E-state index in [1.807, 2.05) is 25.1 Å². The summed E-state index contributed by atoms with van der Waals surface area (Å²) in [5.41, 5.74) is 1.16. The third-order valence-corrected chi connectivity index (χ3v) is 6.99. The monoisotopic (exact) mass is 538 g/mol. The smallest absolute Gasteiger partial charge is 0.295 e. The number of rotatable bonds is 14. The molecule has 0 spiro atoms. The van der Waals surface area contributed by atoms with Crippen LogP contribution in [0, 0.1) is 5.92 Å². The lowest BCUT2D eigenvalue weighted by Gasteiger charge is -2.28. The first-order chi connectivity index (χ1) is 18.7. The molecule has 0 aromatic heterocycles. The number of aliphatic hydroxyl groups is 1. The van der Waals surface area contributed by atoms with Crippen molar-refractivity contribution in [2.24, 2.45) is 5.92 Å². The van der Waals surface area contributed by atoms with E-state index in [2.05, 4.69) is 32.6 Å². The van der Waals surface area contributed by atoms with Crippen LogP contribution < -0.4 is 14.2 Å². The number of hydrogen-bond acceptors (Lipinski definition) is 7. The number of amides is 1. The second-order valence-electron chi connectivity index (χ2n) is 9.92. The van der Waals surface area contributed by atoms with Gasteiger partial charge in [0.15, 0.2) is 11.5 Å². The molecule has 39 heavy (non-hydrogen) atoms. The fourth-order valence-corrected chi connectivity index (χ4v) is 4.64. The SMILES string of the molecule is CCOc1cc(C2/C(=C(\O)c3ccc(OC)cc3)C(=O)C(=O)N2CCN(CC)CC)ccc1OCCC(C)C. The molecule has 1 atom stereocenters. The third kappa shape index (κ3) is 7.12. The number of nitrogens with zero attached hydrogens (tertiary/aromatic N) is 2. The van der Waals surface area contributed by atoms with E-state index in [0.717, 1.165) is 19.5 Å². The molecule has 0 saturated carbocycles. The number of hydrogen-bond donors (Lipinski definition) is 1. The topological polar surface area (TPSA) is 88.5 Å². The van der Waals surface area contributed by atoms with Gasteiger partial charge in [0.1, 0.15) is 11.5 Å². The number of likely N-dealkylation sites (N-methyl/N-ethyl adjacent to an activating group) is 1. The van der Waals surface area contributed by atoms with Crippen LogP contribution in [0.25, 0.3) is 5.76 Å². The normalized spacial score (nSPS) is 16.8. The summed E-state index contributed by atoms with van der Waals surface area (Å²) in [4.78, 5) is 30.5. The summed E-state index contributed by atoms with van der Waals surface area (Å²) in [5.74, 6) is 0.719. The molecule has 1 amide bonds. The van der Waals surface area contributed by atoms with Crippen molar-refractivity contribution in [3.05, 3.63) is 59.2 Å². The van der Waals surface area contributed by atoms with Crippen LogP contribution in [0.4, 0.5) is 0 Å². The summed E-state index contributed by atoms with van der Waals surface area (Å²) in [6, 6.07) is 11.5. The Balaban J connectivity index is 2.09. The maximum Gasteiger partial charge on any atom is 0.295 e. The molecule has 1 N–H and O–H groups in total. The van der Waals surface area contributed by atoms with E-state index in [0.29, 0.717) is 60.6 Å². The molecule has 0 bridgehead atoms. The molecule has 1 aliphatic heterocycles. The van der Waals surface area contributed by atoms with E-state index in [1.54, 1.807) is 36.3 Å². The number of carbonyl (C=O) groups is 2. The average molecular weight is 539 g/mol. The Hall–Kier alpha value is -3.52. The van der Waals surface area contributed by atoms with Crippen molar-refractivity contribution in [3.8, 4) is 17.2 Å². The van der Waals surface area contributed by atoms with Crippen LogP contribution in [0.2, 0.25) is 0 Å². The fourth-order valence-electron chi connectivity index (χ4n) is 4.64. The van der Waals surface area contributed by atoms with Gasteiger partial charge in [-0.05, 0) is 74.3 Å². The fraction of sp³-hybridized carbons (Fsp3) is 0.484. The van der Waals surface area contributed by atoms with Crippen molar-refractivity contribution >= 4 is 17.4 Å². The summed E-state index contributed by atoms with van der Waals surface area (Å²) in [7, 11) is 1.56. The zero-order chi connectivity index (χ0) is 28.5. The zero-order valence-corrected chi connectivity index (χ0v) is 24.0. The number of ether oxygens (including phenoxy) is 3. The van der Waals surface area contributed by atoms with Crippen LogP contribution in [0.3, 0.4) is 0 Å². The van der Waals surface area contributed by atoms with Gasteiger partial charge in [0, 0.05) is 18.7 Å². The molecule has 212 valence electrons. The summed E-state index contributed by atoms with van der Waals surface area (Å²) in [6.07, 6.45) is 0.903. The van der Waals surface area contributed by atoms with Crippen LogP contribution in [0.1, 0.15) is 58.2 Å². The molecule has 8 nitrogen and oxygen atoms in total. The Morgan fingerprint density at radius 1 is 1.00 bits per heavy atom. The Labute approximate surface area is 232 Å². The number of methoxy groups -OCH3 is 1. The molecule has 3 rings (SSSR count). The highest BCUT2D eigenvalue weighted by molar-refractivity contribution is 6.46. The number of benzene rings is 2. The van der Waals surface area contributed by atoms with E-state index >= 15 is 0 Å². The van der Waals surface area contributed by atoms with Gasteiger partial charge >= 0.3 is 0 Å². The van der Waals surface area contributed by atoms with Gasteiger partial charge in [-0.1, -0.05) is 33.8 Å². The first kappa shape index (κ1) is 30.0. The quantitative estimate of drug-likeness (QED) is 0.199. The second-order valence-corrected chi connectivity index (χ2v) is 9.92. The Bertz CT molecular complexity index is 1150. The van der Waals surface area contributed by atoms with E-state index in [4.69, 9.17) is 14.2 Å². The highest BCUT2D eigenvalue weighted by Gasteiger charge is 2.46. The van der Waals surface area contributed by atoms with E-state index in [1.165, 1.54) is 0 Å². The van der Waals surface area contributed by atoms with Crippen LogP contribution in [-0.4, -0.2) is 73.1 Å². The predicted octanol–water partition coefficient (Wildman–Crippen LogP) is 5.28. The molecule has 2 aromatic rings. The van der Waals surface area contributed by atoms with Crippen molar-refractivity contribution in [2.45, 2.75) is 47.1 Å². The van der Waals surface area contributed by atoms with Crippen LogP contribution in [0.15, 0.2) is 48.0 Å². The average Bonchev–Trinajstić information content (AvgIpc) is 3.19. The summed E-state index contributed by atoms with van der Waals surface area (Å²) >= 11 is 0. The van der Waals surface area contributed by atoms with Gasteiger partial charge in [-0.2, -0.15) is 0 Å². The van der Waals surface area contributed by atoms with Crippen molar-refractivity contribution in [3.63, 3.8) is 0 Å². The minimum atomic E-state index is -0.772. The Morgan fingerprint density at radius 3 is 2.28 bits per heavy atom. The lowest BCUT2D eigenvalue weighted by Crippen LogP contribution is -2.38. The van der Waals surface area contributed by atoms with E-state index < -0.39 is 17.7 Å². The van der Waals surface area contributed by atoms with Crippen molar-refractivity contribution in [1.29, 1.82) is 0 Å². The van der Waals surface area contributed by atoms with E-state index in [-0.39, 0.29) is 11.3 Å². The number of Topliss-reactive ketones (excluding diaryl/α,β-unsaturated/α-hetero) is 1. The predicted molar refractivity (Wildman–Crippen MR) is 152 cm³/mol. The molecule has 2 aromatic carbocycles. The van der Waals surface area contributed by atoms with Gasteiger partial charge in [-0.15, -0.1) is 0 Å². The van der Waals surface area contributed by atoms with Gasteiger partial charge in [-0.3, -0.25) is 9.59 Å². The van der Waals surface area contributed by atoms with Crippen molar-refractivity contribution < 1.29 is 28.9 Å². The minimum Gasteiger partial charge on any atom is -0.507 e. The molecule has 1 saturated heterocycles. The third-order valence-electron chi connectivity index (χ3n) is 6.99. The summed E-state index contributed by atoms with van der Waals surface area (Å²) in [6.45, 7) is 13.9. The summed E-state index contributed by atoms with van der Waals surface area (Å²) < 4.78 is 17.1. The standard InChI is InChI=1S/C31H42N2O6/c1-7-32(8-2)17-18-33-28(23-12-15-25(26(20-23)38-9-3)39-19-16-21(4)5)27(30(35)31(33)36)29(34)22-10-13-24(37-6)14-11-22/h10-15,20-21,28,34H,7-9,16-19H2,1-6H3/b29-27+. The largest absolute Gasteiger partial charge is 0.507 e. The van der Waals surface area contributed by atoms with Crippen LogP contribution >= 0.6 is 0 Å². The molecular weight excluding hydrogens is 496 g/mol. The number of ketones is 1. The minimum absolute atomic E-state index is 0.0561. The Kier molecular flexibility index (Phi) is 10.8. The van der Waals surface area contributed by atoms with Crippen molar-refractivity contribution in [2.75, 3.05) is 46.5 Å². The molecule has 1 unspecified atom stereocenters. The van der Waals surface area contributed by atoms with Crippen LogP contribution in [0.5, 0.6) is 17.2 Å². The summed E-state index contributed by atoms with van der Waals surface area (Å²) in [5, 5.41) is 11.4.